The number of aromatic nitrogens is 1. The summed E-state index contributed by atoms with van der Waals surface area (Å²) in [5, 5.41) is 3.52. The molecule has 3 aromatic rings. The van der Waals surface area contributed by atoms with Crippen LogP contribution in [0.1, 0.15) is 20.8 Å². The number of carbonyl (C=O) groups excluding carboxylic acids is 1. The lowest BCUT2D eigenvalue weighted by Gasteiger charge is -2.13. The number of fused-ring (bicyclic) bond motifs is 3. The van der Waals surface area contributed by atoms with Crippen LogP contribution < -0.4 is 14.8 Å². The molecule has 0 bridgehead atoms. The average Bonchev–Trinajstić information content (AvgIpc) is 3.10. The van der Waals surface area contributed by atoms with Crippen molar-refractivity contribution in [2.24, 2.45) is 0 Å². The molecule has 1 amide bonds. The van der Waals surface area contributed by atoms with Gasteiger partial charge in [-0.25, -0.2) is 4.98 Å². The number of thiazole rings is 1. The fraction of sp³-hybridized carbons (Fsp3) is 0.200. The standard InChI is InChI=1S/C20H18N2O3S/c1-24-15-9-7-13(11-16(15)25-2)19(23)22-20-21-18-14-6-4-3-5-12(14)8-10-17(18)26-20/h3-7,9,11H,8,10H2,1-2H3,(H,21,22,23). The van der Waals surface area contributed by atoms with Gasteiger partial charge in [-0.15, -0.1) is 11.3 Å². The summed E-state index contributed by atoms with van der Waals surface area (Å²) < 4.78 is 10.5. The Kier molecular flexibility index (Phi) is 4.34. The summed E-state index contributed by atoms with van der Waals surface area (Å²) in [5.41, 5.74) is 3.95. The lowest BCUT2D eigenvalue weighted by atomic mass is 9.94. The summed E-state index contributed by atoms with van der Waals surface area (Å²) >= 11 is 1.54. The highest BCUT2D eigenvalue weighted by Crippen LogP contribution is 2.38. The molecule has 0 atom stereocenters. The third-order valence-electron chi connectivity index (χ3n) is 4.46. The van der Waals surface area contributed by atoms with E-state index in [1.807, 2.05) is 6.07 Å². The van der Waals surface area contributed by atoms with Gasteiger partial charge in [0.15, 0.2) is 16.6 Å². The van der Waals surface area contributed by atoms with Crippen LogP contribution in [0.5, 0.6) is 11.5 Å². The molecule has 132 valence electrons. The molecule has 1 aliphatic carbocycles. The van der Waals surface area contributed by atoms with Gasteiger partial charge in [0.25, 0.3) is 5.91 Å². The van der Waals surface area contributed by atoms with Crippen LogP contribution in [0.2, 0.25) is 0 Å². The van der Waals surface area contributed by atoms with Crippen LogP contribution >= 0.6 is 11.3 Å². The smallest absolute Gasteiger partial charge is 0.257 e. The van der Waals surface area contributed by atoms with Crippen LogP contribution in [0.4, 0.5) is 5.13 Å². The Bertz CT molecular complexity index is 981. The second kappa shape index (κ2) is 6.80. The van der Waals surface area contributed by atoms with Gasteiger partial charge >= 0.3 is 0 Å². The van der Waals surface area contributed by atoms with Crippen LogP contribution in [-0.4, -0.2) is 25.1 Å². The number of hydrogen-bond acceptors (Lipinski definition) is 5. The zero-order chi connectivity index (χ0) is 18.1. The molecule has 0 saturated carbocycles. The third-order valence-corrected chi connectivity index (χ3v) is 5.49. The molecule has 0 spiro atoms. The third kappa shape index (κ3) is 2.93. The summed E-state index contributed by atoms with van der Waals surface area (Å²) in [6.07, 6.45) is 1.96. The molecule has 1 N–H and O–H groups in total. The minimum Gasteiger partial charge on any atom is -0.493 e. The van der Waals surface area contributed by atoms with Crippen molar-refractivity contribution in [2.75, 3.05) is 19.5 Å². The van der Waals surface area contributed by atoms with Crippen molar-refractivity contribution in [1.82, 2.24) is 4.98 Å². The first-order valence-corrected chi connectivity index (χ1v) is 9.12. The first kappa shape index (κ1) is 16.6. The molecule has 1 aliphatic rings. The Morgan fingerprint density at radius 3 is 2.69 bits per heavy atom. The van der Waals surface area contributed by atoms with E-state index in [9.17, 15) is 4.79 Å². The molecular formula is C20H18N2O3S. The normalized spacial score (nSPS) is 12.1. The zero-order valence-electron chi connectivity index (χ0n) is 14.5. The summed E-state index contributed by atoms with van der Waals surface area (Å²) in [6.45, 7) is 0. The van der Waals surface area contributed by atoms with Crippen LogP contribution in [0.25, 0.3) is 11.3 Å². The molecule has 0 saturated heterocycles. The van der Waals surface area contributed by atoms with E-state index in [1.165, 1.54) is 10.4 Å². The Hall–Kier alpha value is -2.86. The number of carbonyl (C=O) groups is 1. The van der Waals surface area contributed by atoms with Gasteiger partial charge in [-0.2, -0.15) is 0 Å². The van der Waals surface area contributed by atoms with Gasteiger partial charge in [0.1, 0.15) is 0 Å². The number of anilines is 1. The lowest BCUT2D eigenvalue weighted by molar-refractivity contribution is 0.102. The van der Waals surface area contributed by atoms with E-state index in [4.69, 9.17) is 9.47 Å². The average molecular weight is 366 g/mol. The van der Waals surface area contributed by atoms with Gasteiger partial charge in [0.2, 0.25) is 0 Å². The number of rotatable bonds is 4. The second-order valence-electron chi connectivity index (χ2n) is 5.97. The second-order valence-corrected chi connectivity index (χ2v) is 7.06. The van der Waals surface area contributed by atoms with Crippen molar-refractivity contribution in [2.45, 2.75) is 12.8 Å². The number of amides is 1. The minimum atomic E-state index is -0.217. The molecule has 0 radical (unpaired) electrons. The number of nitrogens with zero attached hydrogens (tertiary/aromatic N) is 1. The van der Waals surface area contributed by atoms with Crippen molar-refractivity contribution < 1.29 is 14.3 Å². The Morgan fingerprint density at radius 2 is 1.88 bits per heavy atom. The molecule has 0 fully saturated rings. The summed E-state index contributed by atoms with van der Waals surface area (Å²) in [7, 11) is 3.11. The van der Waals surface area contributed by atoms with E-state index in [0.717, 1.165) is 24.1 Å². The Labute approximate surface area is 155 Å². The number of methoxy groups -OCH3 is 2. The van der Waals surface area contributed by atoms with Crippen molar-refractivity contribution in [1.29, 1.82) is 0 Å². The van der Waals surface area contributed by atoms with E-state index in [2.05, 4.69) is 28.5 Å². The molecule has 0 unspecified atom stereocenters. The fourth-order valence-electron chi connectivity index (χ4n) is 3.15. The number of hydrogen-bond donors (Lipinski definition) is 1. The molecule has 1 aromatic heterocycles. The minimum absolute atomic E-state index is 0.217. The van der Waals surface area contributed by atoms with Crippen LogP contribution in [-0.2, 0) is 12.8 Å². The van der Waals surface area contributed by atoms with Crippen LogP contribution in [0.3, 0.4) is 0 Å². The fourth-order valence-corrected chi connectivity index (χ4v) is 4.12. The summed E-state index contributed by atoms with van der Waals surface area (Å²) in [4.78, 5) is 18.5. The molecule has 0 aliphatic heterocycles. The van der Waals surface area contributed by atoms with Gasteiger partial charge < -0.3 is 9.47 Å². The van der Waals surface area contributed by atoms with E-state index in [1.54, 1.807) is 43.8 Å². The summed E-state index contributed by atoms with van der Waals surface area (Å²) in [6, 6.07) is 13.4. The SMILES string of the molecule is COc1ccc(C(=O)Nc2nc3c(s2)CCc2ccccc2-3)cc1OC. The van der Waals surface area contributed by atoms with Gasteiger partial charge in [0, 0.05) is 16.0 Å². The molecule has 6 heteroatoms. The zero-order valence-corrected chi connectivity index (χ0v) is 15.4. The number of nitrogens with one attached hydrogen (secondary N) is 1. The monoisotopic (exact) mass is 366 g/mol. The first-order valence-electron chi connectivity index (χ1n) is 8.31. The van der Waals surface area contributed by atoms with E-state index >= 15 is 0 Å². The number of benzene rings is 2. The maximum Gasteiger partial charge on any atom is 0.257 e. The van der Waals surface area contributed by atoms with E-state index in [-0.39, 0.29) is 5.91 Å². The molecule has 4 rings (SSSR count). The van der Waals surface area contributed by atoms with Gasteiger partial charge in [0.05, 0.1) is 19.9 Å². The van der Waals surface area contributed by atoms with Crippen LogP contribution in [0, 0.1) is 0 Å². The largest absolute Gasteiger partial charge is 0.493 e. The maximum atomic E-state index is 12.6. The molecule has 2 aromatic carbocycles. The van der Waals surface area contributed by atoms with Crippen LogP contribution in [0.15, 0.2) is 42.5 Å². The predicted molar refractivity (Wildman–Crippen MR) is 102 cm³/mol. The summed E-state index contributed by atoms with van der Waals surface area (Å²) in [5.74, 6) is 0.892. The number of aryl methyl sites for hydroxylation is 2. The van der Waals surface area contributed by atoms with Crippen molar-refractivity contribution in [3.8, 4) is 22.8 Å². The lowest BCUT2D eigenvalue weighted by Crippen LogP contribution is -2.12. The molecular weight excluding hydrogens is 348 g/mol. The first-order chi connectivity index (χ1) is 12.7. The predicted octanol–water partition coefficient (Wildman–Crippen LogP) is 4.18. The van der Waals surface area contributed by atoms with Gasteiger partial charge in [-0.3, -0.25) is 10.1 Å². The molecule has 1 heterocycles. The van der Waals surface area contributed by atoms with Crippen molar-refractivity contribution >= 4 is 22.4 Å². The Morgan fingerprint density at radius 1 is 1.08 bits per heavy atom. The van der Waals surface area contributed by atoms with E-state index in [0.29, 0.717) is 22.2 Å². The molecule has 26 heavy (non-hydrogen) atoms. The van der Waals surface area contributed by atoms with Gasteiger partial charge in [-0.05, 0) is 36.6 Å². The highest BCUT2D eigenvalue weighted by atomic mass is 32.1. The van der Waals surface area contributed by atoms with Crippen molar-refractivity contribution in [3.63, 3.8) is 0 Å². The Balaban J connectivity index is 1.59. The topological polar surface area (TPSA) is 60.5 Å². The quantitative estimate of drug-likeness (QED) is 0.752. The van der Waals surface area contributed by atoms with Gasteiger partial charge in [-0.1, -0.05) is 24.3 Å². The molecule has 5 nitrogen and oxygen atoms in total. The highest BCUT2D eigenvalue weighted by Gasteiger charge is 2.21. The number of ether oxygens (including phenoxy) is 2. The van der Waals surface area contributed by atoms with Crippen molar-refractivity contribution in [3.05, 3.63) is 58.5 Å². The maximum absolute atomic E-state index is 12.6. The highest BCUT2D eigenvalue weighted by molar-refractivity contribution is 7.16. The van der Waals surface area contributed by atoms with E-state index < -0.39 is 0 Å².